The first-order valence-corrected chi connectivity index (χ1v) is 12.7. The van der Waals surface area contributed by atoms with Crippen molar-refractivity contribution in [3.05, 3.63) is 110 Å². The van der Waals surface area contributed by atoms with Gasteiger partial charge in [-0.3, -0.25) is 0 Å². The molecule has 198 valence electrons. The summed E-state index contributed by atoms with van der Waals surface area (Å²) in [4.78, 5) is 0. The van der Waals surface area contributed by atoms with Crippen LogP contribution in [-0.4, -0.2) is 21.3 Å². The number of nitrogens with zero attached hydrogens (tertiary/aromatic N) is 3. The summed E-state index contributed by atoms with van der Waals surface area (Å²) in [6.07, 6.45) is 6.06. The maximum atomic E-state index is 5.29. The molecule has 0 spiro atoms. The van der Waals surface area contributed by atoms with E-state index in [0.29, 0.717) is 0 Å². The Balaban J connectivity index is 0.000000136. The van der Waals surface area contributed by atoms with Gasteiger partial charge in [0.05, 0.1) is 37.5 Å². The second-order valence-electron chi connectivity index (χ2n) is 9.05. The van der Waals surface area contributed by atoms with E-state index in [1.807, 2.05) is 94.3 Å². The van der Waals surface area contributed by atoms with Gasteiger partial charge in [0.25, 0.3) is 16.6 Å². The summed E-state index contributed by atoms with van der Waals surface area (Å²) in [6, 6.07) is 30.5. The van der Waals surface area contributed by atoms with Crippen LogP contribution in [0.1, 0.15) is 0 Å². The van der Waals surface area contributed by atoms with Crippen LogP contribution in [0, 0.1) is 0 Å². The van der Waals surface area contributed by atoms with Crippen LogP contribution < -0.4 is 27.9 Å². The molecule has 6 heteroatoms. The molecule has 6 rings (SSSR count). The molecular formula is C33H36N3O3+3. The van der Waals surface area contributed by atoms with E-state index in [0.717, 1.165) is 33.8 Å². The zero-order chi connectivity index (χ0) is 27.8. The van der Waals surface area contributed by atoms with Gasteiger partial charge in [-0.05, 0) is 54.6 Å². The molecule has 3 aromatic carbocycles. The minimum absolute atomic E-state index is 0.917. The van der Waals surface area contributed by atoms with E-state index < -0.39 is 0 Å². The second-order valence-corrected chi connectivity index (χ2v) is 9.05. The SMILES string of the molecule is COc1cccc2ccc[n+](C)c12.COc1cccc2ccc[n+](C)c12.COc1cccc2ccc[n+](C)c12. The summed E-state index contributed by atoms with van der Waals surface area (Å²) in [5.41, 5.74) is 3.40. The largest absolute Gasteiger partial charge is 0.490 e. The zero-order valence-electron chi connectivity index (χ0n) is 23.5. The molecule has 0 saturated carbocycles. The van der Waals surface area contributed by atoms with Gasteiger partial charge in [0, 0.05) is 18.2 Å². The predicted molar refractivity (Wildman–Crippen MR) is 155 cm³/mol. The molecule has 0 saturated heterocycles. The Morgan fingerprint density at radius 3 is 0.897 bits per heavy atom. The molecule has 0 bridgehead atoms. The molecule has 3 aromatic heterocycles. The van der Waals surface area contributed by atoms with Gasteiger partial charge < -0.3 is 14.2 Å². The normalized spacial score (nSPS) is 10.3. The smallest absolute Gasteiger partial charge is 0.254 e. The third-order valence-electron chi connectivity index (χ3n) is 6.56. The fourth-order valence-corrected chi connectivity index (χ4v) is 4.70. The first-order chi connectivity index (χ1) is 19.0. The molecule has 39 heavy (non-hydrogen) atoms. The fourth-order valence-electron chi connectivity index (χ4n) is 4.70. The lowest BCUT2D eigenvalue weighted by atomic mass is 10.2. The standard InChI is InChI=1S/3C11H12NO/c3*1-12-8-4-6-9-5-3-7-10(13-2)11(9)12/h3*3-8H,1-2H3/q3*+1. The van der Waals surface area contributed by atoms with Crippen LogP contribution in [0.5, 0.6) is 17.2 Å². The van der Waals surface area contributed by atoms with Gasteiger partial charge in [0.2, 0.25) is 0 Å². The number of methoxy groups -OCH3 is 3. The van der Waals surface area contributed by atoms with Crippen molar-refractivity contribution >= 4 is 32.7 Å². The molecule has 0 aliphatic rings. The molecule has 0 N–H and O–H groups in total. The monoisotopic (exact) mass is 522 g/mol. The molecule has 6 aromatic rings. The summed E-state index contributed by atoms with van der Waals surface area (Å²) in [6.45, 7) is 0. The lowest BCUT2D eigenvalue weighted by molar-refractivity contribution is -0.645. The summed E-state index contributed by atoms with van der Waals surface area (Å²) in [5.74, 6) is 2.75. The van der Waals surface area contributed by atoms with Crippen molar-refractivity contribution in [3.63, 3.8) is 0 Å². The predicted octanol–water partition coefficient (Wildman–Crippen LogP) is 5.02. The van der Waals surface area contributed by atoms with E-state index in [9.17, 15) is 0 Å². The van der Waals surface area contributed by atoms with Crippen LogP contribution >= 0.6 is 0 Å². The Bertz CT molecular complexity index is 1500. The van der Waals surface area contributed by atoms with Gasteiger partial charge in [0.15, 0.2) is 35.8 Å². The highest BCUT2D eigenvalue weighted by molar-refractivity contribution is 5.82. The number of fused-ring (bicyclic) bond motifs is 3. The third-order valence-corrected chi connectivity index (χ3v) is 6.56. The summed E-state index contributed by atoms with van der Waals surface area (Å²) >= 11 is 0. The Hall–Kier alpha value is -4.71. The van der Waals surface area contributed by atoms with E-state index in [1.165, 1.54) is 16.2 Å². The molecule has 3 heterocycles. The Morgan fingerprint density at radius 2 is 0.641 bits per heavy atom. The van der Waals surface area contributed by atoms with Crippen molar-refractivity contribution in [2.75, 3.05) is 21.3 Å². The Labute approximate surface area is 229 Å². The van der Waals surface area contributed by atoms with E-state index in [4.69, 9.17) is 14.2 Å². The molecule has 0 amide bonds. The molecular weight excluding hydrogens is 486 g/mol. The van der Waals surface area contributed by atoms with E-state index in [-0.39, 0.29) is 0 Å². The maximum absolute atomic E-state index is 5.29. The highest BCUT2D eigenvalue weighted by atomic mass is 16.5. The molecule has 0 radical (unpaired) electrons. The van der Waals surface area contributed by atoms with Crippen molar-refractivity contribution in [2.45, 2.75) is 0 Å². The lowest BCUT2D eigenvalue weighted by Crippen LogP contribution is -2.28. The quantitative estimate of drug-likeness (QED) is 0.307. The van der Waals surface area contributed by atoms with Crippen LogP contribution in [0.3, 0.4) is 0 Å². The minimum atomic E-state index is 0.917. The van der Waals surface area contributed by atoms with Gasteiger partial charge in [-0.1, -0.05) is 18.2 Å². The first-order valence-electron chi connectivity index (χ1n) is 12.7. The summed E-state index contributed by atoms with van der Waals surface area (Å²) < 4.78 is 22.1. The zero-order valence-corrected chi connectivity index (χ0v) is 23.5. The summed E-state index contributed by atoms with van der Waals surface area (Å²) in [7, 11) is 11.1. The lowest BCUT2D eigenvalue weighted by Gasteiger charge is -2.01. The van der Waals surface area contributed by atoms with Crippen LogP contribution in [0.25, 0.3) is 32.7 Å². The highest BCUT2D eigenvalue weighted by Crippen LogP contribution is 2.22. The van der Waals surface area contributed by atoms with Gasteiger partial charge in [-0.25, -0.2) is 0 Å². The highest BCUT2D eigenvalue weighted by Gasteiger charge is 2.11. The van der Waals surface area contributed by atoms with E-state index in [2.05, 4.69) is 50.1 Å². The van der Waals surface area contributed by atoms with Gasteiger partial charge in [0.1, 0.15) is 21.1 Å². The molecule has 0 aliphatic carbocycles. The van der Waals surface area contributed by atoms with Crippen molar-refractivity contribution in [1.29, 1.82) is 0 Å². The van der Waals surface area contributed by atoms with Crippen molar-refractivity contribution in [2.24, 2.45) is 21.1 Å². The number of pyridine rings is 3. The number of hydrogen-bond acceptors (Lipinski definition) is 3. The van der Waals surface area contributed by atoms with E-state index >= 15 is 0 Å². The average molecular weight is 523 g/mol. The number of aryl methyl sites for hydroxylation is 3. The number of benzene rings is 3. The maximum Gasteiger partial charge on any atom is 0.254 e. The van der Waals surface area contributed by atoms with Crippen molar-refractivity contribution < 1.29 is 27.9 Å². The van der Waals surface area contributed by atoms with Crippen LogP contribution in [-0.2, 0) is 21.1 Å². The van der Waals surface area contributed by atoms with E-state index in [1.54, 1.807) is 21.3 Å². The molecule has 0 atom stereocenters. The Morgan fingerprint density at radius 1 is 0.385 bits per heavy atom. The average Bonchev–Trinajstić information content (AvgIpc) is 2.97. The number of rotatable bonds is 3. The number of ether oxygens (including phenoxy) is 3. The summed E-state index contributed by atoms with van der Waals surface area (Å²) in [5, 5.41) is 3.60. The first kappa shape index (κ1) is 27.3. The van der Waals surface area contributed by atoms with Crippen LogP contribution in [0.15, 0.2) is 110 Å². The molecule has 0 unspecified atom stereocenters. The third kappa shape index (κ3) is 6.07. The number of aromatic nitrogens is 3. The molecule has 0 aliphatic heterocycles. The van der Waals surface area contributed by atoms with Gasteiger partial charge in [-0.15, -0.1) is 0 Å². The minimum Gasteiger partial charge on any atom is -0.490 e. The van der Waals surface area contributed by atoms with Crippen LogP contribution in [0.2, 0.25) is 0 Å². The topological polar surface area (TPSA) is 39.3 Å². The molecule has 0 fully saturated rings. The van der Waals surface area contributed by atoms with Gasteiger partial charge in [-0.2, -0.15) is 13.7 Å². The molecule has 6 nitrogen and oxygen atoms in total. The number of hydrogen-bond donors (Lipinski definition) is 0. The second kappa shape index (κ2) is 12.7. The Kier molecular flexibility index (Phi) is 8.90. The van der Waals surface area contributed by atoms with Crippen LogP contribution in [0.4, 0.5) is 0 Å². The fraction of sp³-hybridized carbons (Fsp3) is 0.182. The van der Waals surface area contributed by atoms with Crippen molar-refractivity contribution in [3.8, 4) is 17.2 Å². The van der Waals surface area contributed by atoms with Gasteiger partial charge >= 0.3 is 0 Å². The number of para-hydroxylation sites is 3. The van der Waals surface area contributed by atoms with Crippen molar-refractivity contribution in [1.82, 2.24) is 0 Å².